The van der Waals surface area contributed by atoms with E-state index >= 15 is 0 Å². The molecule has 5 rings (SSSR count). The molecule has 0 atom stereocenters. The van der Waals surface area contributed by atoms with Crippen LogP contribution in [0.15, 0.2) is 84.9 Å². The zero-order valence-electron chi connectivity index (χ0n) is 13.0. The van der Waals surface area contributed by atoms with Gasteiger partial charge in [-0.2, -0.15) is 0 Å². The predicted molar refractivity (Wildman–Crippen MR) is 99.2 cm³/mol. The van der Waals surface area contributed by atoms with Crippen LogP contribution in [0.1, 0.15) is 0 Å². The lowest BCUT2D eigenvalue weighted by Crippen LogP contribution is -1.94. The quantitative estimate of drug-likeness (QED) is 0.359. The smallest absolute Gasteiger partial charge is 0.150 e. The summed E-state index contributed by atoms with van der Waals surface area (Å²) in [7, 11) is 0. The van der Waals surface area contributed by atoms with Gasteiger partial charge in [0.25, 0.3) is 0 Å². The lowest BCUT2D eigenvalue weighted by atomic mass is 9.96. The number of anilines is 2. The van der Waals surface area contributed by atoms with Crippen molar-refractivity contribution < 1.29 is 4.74 Å². The highest BCUT2D eigenvalue weighted by Crippen LogP contribution is 2.44. The van der Waals surface area contributed by atoms with Crippen molar-refractivity contribution in [1.29, 1.82) is 0 Å². The van der Waals surface area contributed by atoms with Gasteiger partial charge in [-0.25, -0.2) is 0 Å². The maximum atomic E-state index is 6.30. The largest absolute Gasteiger partial charge is 0.455 e. The summed E-state index contributed by atoms with van der Waals surface area (Å²) in [6.45, 7) is 0. The molecule has 1 heterocycles. The van der Waals surface area contributed by atoms with Gasteiger partial charge in [-0.05, 0) is 35.2 Å². The summed E-state index contributed by atoms with van der Waals surface area (Å²) < 4.78 is 6.30. The topological polar surface area (TPSA) is 21.3 Å². The second kappa shape index (κ2) is 5.14. The zero-order chi connectivity index (χ0) is 15.9. The van der Waals surface area contributed by atoms with Crippen molar-refractivity contribution in [3.05, 3.63) is 84.9 Å². The highest BCUT2D eigenvalue weighted by Gasteiger charge is 2.16. The van der Waals surface area contributed by atoms with Crippen LogP contribution >= 0.6 is 0 Å². The Balaban J connectivity index is 1.93. The van der Waals surface area contributed by atoms with Crippen molar-refractivity contribution in [2.75, 3.05) is 5.32 Å². The van der Waals surface area contributed by atoms with E-state index in [-0.39, 0.29) is 0 Å². The Kier molecular flexibility index (Phi) is 2.83. The van der Waals surface area contributed by atoms with Gasteiger partial charge in [-0.1, -0.05) is 60.7 Å². The molecule has 4 aromatic rings. The van der Waals surface area contributed by atoms with E-state index in [1.807, 2.05) is 36.4 Å². The Morgan fingerprint density at radius 2 is 1.21 bits per heavy atom. The highest BCUT2D eigenvalue weighted by molar-refractivity contribution is 6.04. The van der Waals surface area contributed by atoms with Gasteiger partial charge in [-0.15, -0.1) is 0 Å². The summed E-state index contributed by atoms with van der Waals surface area (Å²) in [5.74, 6) is 1.71. The van der Waals surface area contributed by atoms with Crippen molar-refractivity contribution >= 4 is 22.1 Å². The summed E-state index contributed by atoms with van der Waals surface area (Å²) in [5, 5.41) is 5.86. The standard InChI is InChI=1S/C22H15NO/c1-2-11-18-16(9-1)17-10-5-7-15-8-6-14-21(22(15)17)24-20-13-4-3-12-19(20)23-18/h1-14,23H. The predicted octanol–water partition coefficient (Wildman–Crippen LogP) is 6.36. The van der Waals surface area contributed by atoms with Crippen LogP contribution in [0.25, 0.3) is 21.9 Å². The number of hydrogen-bond acceptors (Lipinski definition) is 2. The molecule has 0 aromatic heterocycles. The van der Waals surface area contributed by atoms with Gasteiger partial charge in [-0.3, -0.25) is 0 Å². The van der Waals surface area contributed by atoms with Crippen LogP contribution in [0.5, 0.6) is 11.5 Å². The molecule has 0 saturated heterocycles. The molecular formula is C22H15NO. The number of benzene rings is 4. The summed E-state index contributed by atoms with van der Waals surface area (Å²) >= 11 is 0. The Hall–Kier alpha value is -3.26. The molecule has 114 valence electrons. The molecule has 0 saturated carbocycles. The first-order valence-corrected chi connectivity index (χ1v) is 8.05. The fourth-order valence-corrected chi connectivity index (χ4v) is 3.37. The number of para-hydroxylation sites is 3. The van der Waals surface area contributed by atoms with E-state index in [1.165, 1.54) is 16.5 Å². The van der Waals surface area contributed by atoms with Crippen LogP contribution in [-0.4, -0.2) is 0 Å². The zero-order valence-corrected chi connectivity index (χ0v) is 13.0. The van der Waals surface area contributed by atoms with Gasteiger partial charge in [0.15, 0.2) is 5.75 Å². The van der Waals surface area contributed by atoms with Crippen molar-refractivity contribution in [2.24, 2.45) is 0 Å². The SMILES string of the molecule is c1ccc2c(c1)Nc1ccccc1-c1cccc3cccc(c13)O2. The maximum Gasteiger partial charge on any atom is 0.150 e. The average Bonchev–Trinajstić information content (AvgIpc) is 2.69. The van der Waals surface area contributed by atoms with Crippen molar-refractivity contribution in [3.63, 3.8) is 0 Å². The Labute approximate surface area is 140 Å². The maximum absolute atomic E-state index is 6.30. The summed E-state index contributed by atoms with van der Waals surface area (Å²) in [6, 6.07) is 29.1. The third-order valence-electron chi connectivity index (χ3n) is 4.46. The van der Waals surface area contributed by atoms with Crippen molar-refractivity contribution in [1.82, 2.24) is 0 Å². The van der Waals surface area contributed by atoms with Crippen LogP contribution in [0.4, 0.5) is 11.4 Å². The van der Waals surface area contributed by atoms with Crippen LogP contribution in [0.3, 0.4) is 0 Å². The van der Waals surface area contributed by atoms with Crippen molar-refractivity contribution in [3.8, 4) is 22.6 Å². The molecule has 1 aliphatic rings. The number of rotatable bonds is 0. The van der Waals surface area contributed by atoms with Crippen LogP contribution < -0.4 is 10.1 Å². The molecule has 0 aliphatic carbocycles. The first-order chi connectivity index (χ1) is 11.9. The summed E-state index contributed by atoms with van der Waals surface area (Å²) in [4.78, 5) is 0. The number of fused-ring (bicyclic) bond motifs is 3. The van der Waals surface area contributed by atoms with E-state index in [1.54, 1.807) is 0 Å². The van der Waals surface area contributed by atoms with Gasteiger partial charge >= 0.3 is 0 Å². The second-order valence-electron chi connectivity index (χ2n) is 5.93. The molecule has 0 amide bonds. The Bertz CT molecular complexity index is 1060. The number of ether oxygens (including phenoxy) is 1. The van der Waals surface area contributed by atoms with E-state index in [2.05, 4.69) is 53.8 Å². The van der Waals surface area contributed by atoms with E-state index in [0.29, 0.717) is 0 Å². The minimum Gasteiger partial charge on any atom is -0.455 e. The van der Waals surface area contributed by atoms with E-state index in [4.69, 9.17) is 4.74 Å². The van der Waals surface area contributed by atoms with E-state index in [0.717, 1.165) is 28.3 Å². The highest BCUT2D eigenvalue weighted by atomic mass is 16.5. The van der Waals surface area contributed by atoms with Crippen molar-refractivity contribution in [2.45, 2.75) is 0 Å². The molecule has 2 nitrogen and oxygen atoms in total. The lowest BCUT2D eigenvalue weighted by molar-refractivity contribution is 0.491. The first-order valence-electron chi connectivity index (χ1n) is 8.05. The number of nitrogens with one attached hydrogen (secondary N) is 1. The first kappa shape index (κ1) is 13.2. The molecule has 0 bridgehead atoms. The Morgan fingerprint density at radius 1 is 0.542 bits per heavy atom. The molecule has 24 heavy (non-hydrogen) atoms. The molecule has 0 fully saturated rings. The summed E-state index contributed by atoms with van der Waals surface area (Å²) in [5.41, 5.74) is 4.40. The number of hydrogen-bond donors (Lipinski definition) is 1. The molecule has 0 spiro atoms. The molecule has 2 heteroatoms. The monoisotopic (exact) mass is 309 g/mol. The minimum atomic E-state index is 0.830. The fraction of sp³-hybridized carbons (Fsp3) is 0. The lowest BCUT2D eigenvalue weighted by Gasteiger charge is -2.13. The van der Waals surface area contributed by atoms with Gasteiger partial charge in [0, 0.05) is 16.6 Å². The van der Waals surface area contributed by atoms with Crippen LogP contribution in [0, 0.1) is 0 Å². The van der Waals surface area contributed by atoms with E-state index < -0.39 is 0 Å². The summed E-state index contributed by atoms with van der Waals surface area (Å²) in [6.07, 6.45) is 0. The fourth-order valence-electron chi connectivity index (χ4n) is 3.37. The third kappa shape index (κ3) is 1.97. The average molecular weight is 309 g/mol. The van der Waals surface area contributed by atoms with Crippen LogP contribution in [-0.2, 0) is 0 Å². The van der Waals surface area contributed by atoms with Gasteiger partial charge < -0.3 is 10.1 Å². The van der Waals surface area contributed by atoms with Gasteiger partial charge in [0.1, 0.15) is 5.75 Å². The Morgan fingerprint density at radius 3 is 2.12 bits per heavy atom. The van der Waals surface area contributed by atoms with E-state index in [9.17, 15) is 0 Å². The minimum absolute atomic E-state index is 0.830. The van der Waals surface area contributed by atoms with Crippen LogP contribution in [0.2, 0.25) is 0 Å². The van der Waals surface area contributed by atoms with Gasteiger partial charge in [0.2, 0.25) is 0 Å². The normalized spacial score (nSPS) is 12.0. The second-order valence-corrected chi connectivity index (χ2v) is 5.93. The molecule has 0 unspecified atom stereocenters. The molecule has 1 N–H and O–H groups in total. The molecule has 0 radical (unpaired) electrons. The molecular weight excluding hydrogens is 294 g/mol. The van der Waals surface area contributed by atoms with Gasteiger partial charge in [0.05, 0.1) is 5.69 Å². The third-order valence-corrected chi connectivity index (χ3v) is 4.46. The molecule has 4 aromatic carbocycles. The molecule has 1 aliphatic heterocycles.